The summed E-state index contributed by atoms with van der Waals surface area (Å²) in [5.41, 5.74) is 7.00. The molecule has 11 heteroatoms. The molecule has 1 unspecified atom stereocenters. The summed E-state index contributed by atoms with van der Waals surface area (Å²) in [5.74, 6) is 1.20. The molecule has 0 aliphatic carbocycles. The van der Waals surface area contributed by atoms with Crippen molar-refractivity contribution < 1.29 is 17.9 Å². The van der Waals surface area contributed by atoms with Crippen molar-refractivity contribution in [2.24, 2.45) is 5.92 Å². The molecule has 3 rings (SSSR count). The van der Waals surface area contributed by atoms with E-state index in [0.29, 0.717) is 17.1 Å². The number of aromatic nitrogens is 3. The molecule has 0 spiro atoms. The Hall–Kier alpha value is -0.792. The van der Waals surface area contributed by atoms with Gasteiger partial charge in [-0.2, -0.15) is 18.3 Å². The molecular formula is C23H34F3IN4OPSb. The van der Waals surface area contributed by atoms with Gasteiger partial charge in [-0.05, 0) is 49.0 Å². The van der Waals surface area contributed by atoms with E-state index in [4.69, 9.17) is 10.5 Å². The van der Waals surface area contributed by atoms with Crippen molar-refractivity contribution in [3.05, 3.63) is 47.9 Å². The van der Waals surface area contributed by atoms with Gasteiger partial charge in [0.05, 0.1) is 18.1 Å². The third-order valence-corrected chi connectivity index (χ3v) is 5.31. The zero-order valence-electron chi connectivity index (χ0n) is 20.3. The van der Waals surface area contributed by atoms with Gasteiger partial charge in [0, 0.05) is 24.0 Å². The van der Waals surface area contributed by atoms with E-state index in [1.807, 2.05) is 38.4 Å². The standard InChI is InChI=1S/C15H19F3N2.C6H9N2OP.C2H6.HI.Sb/c1-10(2)13(8-11(3)15(16,17)18)14-9-12-6-4-5-7-20(12)19-14;1-9-4-2-3-8-6(7)5(4)10;1-2;;/h8-10H,3-7H2,1-2H3;2-3H,10H2,1H3,(H2,7,8);1-2H3;1H;/q;;;;+1/p-1/b13-8+;;;;. The molecule has 0 saturated heterocycles. The summed E-state index contributed by atoms with van der Waals surface area (Å²) in [6.07, 6.45) is 1.48. The fraction of sp³-hybridized carbons (Fsp3) is 0.478. The van der Waals surface area contributed by atoms with E-state index in [9.17, 15) is 13.2 Å². The molecule has 2 aromatic rings. The Balaban J connectivity index is 0.000000653. The van der Waals surface area contributed by atoms with E-state index in [-0.39, 0.29) is 5.92 Å². The van der Waals surface area contributed by atoms with Crippen molar-refractivity contribution >= 4 is 63.4 Å². The van der Waals surface area contributed by atoms with E-state index in [2.05, 4.69) is 44.4 Å². The molecule has 3 heterocycles. The van der Waals surface area contributed by atoms with Crippen LogP contribution in [0.2, 0.25) is 0 Å². The maximum absolute atomic E-state index is 12.6. The van der Waals surface area contributed by atoms with Gasteiger partial charge in [-0.15, -0.1) is 0 Å². The van der Waals surface area contributed by atoms with Crippen LogP contribution in [0.5, 0.6) is 5.75 Å². The summed E-state index contributed by atoms with van der Waals surface area (Å²) in [4.78, 5) is 3.86. The Morgan fingerprint density at radius 3 is 2.41 bits per heavy atom. The molecule has 1 aliphatic heterocycles. The number of nitrogen functional groups attached to an aromatic ring is 1. The fourth-order valence-electron chi connectivity index (χ4n) is 3.01. The summed E-state index contributed by atoms with van der Waals surface area (Å²) in [7, 11) is 4.08. The van der Waals surface area contributed by atoms with Crippen LogP contribution in [0.15, 0.2) is 36.6 Å². The van der Waals surface area contributed by atoms with Crippen LogP contribution in [0.3, 0.4) is 0 Å². The van der Waals surface area contributed by atoms with E-state index < -0.39 is 11.7 Å². The molecule has 0 fully saturated rings. The summed E-state index contributed by atoms with van der Waals surface area (Å²) in [6.45, 7) is 11.7. The maximum atomic E-state index is 12.6. The molecule has 0 saturated carbocycles. The number of rotatable bonds is 4. The predicted octanol–water partition coefficient (Wildman–Crippen LogP) is 6.08. The predicted molar refractivity (Wildman–Crippen MR) is 149 cm³/mol. The van der Waals surface area contributed by atoms with E-state index >= 15 is 0 Å². The number of hydrogen-bond donors (Lipinski definition) is 1. The summed E-state index contributed by atoms with van der Waals surface area (Å²) >= 11 is 3.92. The van der Waals surface area contributed by atoms with Gasteiger partial charge in [-0.1, -0.05) is 43.5 Å². The van der Waals surface area contributed by atoms with Crippen LogP contribution in [0.4, 0.5) is 19.0 Å². The van der Waals surface area contributed by atoms with Crippen LogP contribution in [-0.4, -0.2) is 47.1 Å². The zero-order valence-corrected chi connectivity index (χ0v) is 26.2. The molecule has 34 heavy (non-hydrogen) atoms. The number of hydrogen-bond acceptors (Lipinski definition) is 4. The second-order valence-corrected chi connectivity index (χ2v) is 7.87. The number of pyridine rings is 1. The van der Waals surface area contributed by atoms with E-state index in [1.165, 1.54) is 0 Å². The molecule has 2 radical (unpaired) electrons. The topological polar surface area (TPSA) is 66.0 Å². The van der Waals surface area contributed by atoms with Crippen LogP contribution >= 0.6 is 27.7 Å². The molecule has 0 bridgehead atoms. The molecule has 1 atom stereocenters. The number of aryl methyl sites for hydroxylation is 2. The quantitative estimate of drug-likeness (QED) is 0.180. The Morgan fingerprint density at radius 2 is 1.94 bits per heavy atom. The Labute approximate surface area is 227 Å². The van der Waals surface area contributed by atoms with Crippen molar-refractivity contribution in [3.8, 4) is 5.75 Å². The Morgan fingerprint density at radius 1 is 1.32 bits per heavy atom. The first kappa shape index (κ1) is 33.2. The van der Waals surface area contributed by atoms with Gasteiger partial charge in [-0.3, -0.25) is 4.68 Å². The minimum atomic E-state index is -4.39. The number of alkyl halides is 3. The fourth-order valence-corrected chi connectivity index (χ4v) is 3.30. The number of methoxy groups -OCH3 is 1. The molecular weight excluding hydrogens is 685 g/mol. The van der Waals surface area contributed by atoms with Crippen molar-refractivity contribution in [1.29, 1.82) is 0 Å². The number of fused-ring (bicyclic) bond motifs is 1. The number of allylic oxidation sites excluding steroid dienone is 3. The normalized spacial score (nSPS) is 12.8. The molecule has 0 aromatic carbocycles. The zero-order chi connectivity index (χ0) is 26.5. The van der Waals surface area contributed by atoms with Crippen LogP contribution in [0.25, 0.3) is 5.57 Å². The monoisotopic (exact) mass is 718 g/mol. The van der Waals surface area contributed by atoms with Crippen molar-refractivity contribution in [1.82, 2.24) is 14.8 Å². The van der Waals surface area contributed by atoms with Crippen LogP contribution in [-0.2, 0) is 13.0 Å². The Kier molecular flexibility index (Phi) is 16.4. The molecule has 2 N–H and O–H groups in total. The van der Waals surface area contributed by atoms with Crippen molar-refractivity contribution in [3.63, 3.8) is 0 Å². The van der Waals surface area contributed by atoms with Gasteiger partial charge in [0.1, 0.15) is 11.6 Å². The molecule has 5 nitrogen and oxygen atoms in total. The number of nitrogens with zero attached hydrogens (tertiary/aromatic N) is 3. The van der Waals surface area contributed by atoms with E-state index in [0.717, 1.165) is 48.6 Å². The van der Waals surface area contributed by atoms with Crippen molar-refractivity contribution in [2.45, 2.75) is 59.7 Å². The SMILES string of the molecule is C=C(/C=C(/c1cc2n(n1)CCCC2)C(C)C)C(F)(F)F.CC.COc1ccnc(N)c1P.[Sb][I]. The van der Waals surface area contributed by atoms with Gasteiger partial charge < -0.3 is 10.5 Å². The molecule has 0 amide bonds. The summed E-state index contributed by atoms with van der Waals surface area (Å²) in [6, 6.07) is 3.67. The Bertz CT molecular complexity index is 910. The molecule has 190 valence electrons. The van der Waals surface area contributed by atoms with Crippen LogP contribution < -0.4 is 15.8 Å². The first-order chi connectivity index (χ1) is 16.0. The van der Waals surface area contributed by atoms with Gasteiger partial charge in [0.15, 0.2) is 0 Å². The third-order valence-electron chi connectivity index (χ3n) is 4.73. The van der Waals surface area contributed by atoms with Crippen molar-refractivity contribution in [2.75, 3.05) is 12.8 Å². The van der Waals surface area contributed by atoms with Gasteiger partial charge in [-0.25, -0.2) is 4.98 Å². The summed E-state index contributed by atoms with van der Waals surface area (Å²) < 4.78 is 44.8. The van der Waals surface area contributed by atoms with Crippen LogP contribution in [0.1, 0.15) is 51.9 Å². The second kappa shape index (κ2) is 16.8. The van der Waals surface area contributed by atoms with Crippen LogP contribution in [0, 0.1) is 5.92 Å². The average Bonchev–Trinajstić information content (AvgIpc) is 3.25. The first-order valence-electron chi connectivity index (χ1n) is 10.8. The van der Waals surface area contributed by atoms with Gasteiger partial charge in [0.25, 0.3) is 0 Å². The first-order valence-corrected chi connectivity index (χ1v) is 18.8. The number of anilines is 1. The van der Waals surface area contributed by atoms with Gasteiger partial charge in [0.2, 0.25) is 0 Å². The second-order valence-electron chi connectivity index (χ2n) is 7.29. The summed E-state index contributed by atoms with van der Waals surface area (Å²) in [5, 5.41) is 5.26. The minimum absolute atomic E-state index is 0.0361. The van der Waals surface area contributed by atoms with E-state index in [1.54, 1.807) is 38.4 Å². The third kappa shape index (κ3) is 10.4. The average molecular weight is 719 g/mol. The number of halogens is 4. The number of ether oxygens (including phenoxy) is 1. The number of nitrogens with two attached hydrogens (primary N) is 1. The van der Waals surface area contributed by atoms with Gasteiger partial charge >= 0.3 is 43.7 Å². The molecule has 2 aromatic heterocycles. The molecule has 1 aliphatic rings.